The quantitative estimate of drug-likeness (QED) is 0.855. The molecule has 2 rings (SSSR count). The second-order valence-electron chi connectivity index (χ2n) is 3.18. The molecule has 0 fully saturated rings. The molecule has 0 spiro atoms. The molecule has 2 aromatic rings. The summed E-state index contributed by atoms with van der Waals surface area (Å²) in [5.41, 5.74) is 2.02. The highest BCUT2D eigenvalue weighted by molar-refractivity contribution is 6.30. The summed E-state index contributed by atoms with van der Waals surface area (Å²) in [5, 5.41) is 3.99. The van der Waals surface area contributed by atoms with E-state index in [0.717, 1.165) is 16.4 Å². The van der Waals surface area contributed by atoms with Gasteiger partial charge in [0.15, 0.2) is 0 Å². The Kier molecular flexibility index (Phi) is 3.20. The minimum absolute atomic E-state index is 0.710. The molecule has 0 aliphatic carbocycles. The minimum Gasteiger partial charge on any atom is -0.379 e. The number of pyridine rings is 1. The largest absolute Gasteiger partial charge is 0.379 e. The molecule has 0 atom stereocenters. The summed E-state index contributed by atoms with van der Waals surface area (Å²) in [6.45, 7) is 0.710. The van der Waals surface area contributed by atoms with Gasteiger partial charge >= 0.3 is 0 Å². The van der Waals surface area contributed by atoms with Gasteiger partial charge in [0.1, 0.15) is 0 Å². The van der Waals surface area contributed by atoms with Crippen LogP contribution in [-0.2, 0) is 6.54 Å². The Balaban J connectivity index is 1.99. The average Bonchev–Trinajstić information content (AvgIpc) is 2.28. The number of nitrogens with zero attached hydrogens (tertiary/aromatic N) is 1. The molecule has 2 nitrogen and oxygen atoms in total. The molecule has 0 aliphatic rings. The second-order valence-corrected chi connectivity index (χ2v) is 3.62. The van der Waals surface area contributed by atoms with Crippen molar-refractivity contribution in [3.05, 3.63) is 59.4 Å². The number of benzene rings is 1. The summed E-state index contributed by atoms with van der Waals surface area (Å²) < 4.78 is 0. The molecule has 1 aromatic carbocycles. The second kappa shape index (κ2) is 4.80. The molecule has 0 radical (unpaired) electrons. The molecular formula is C12H11ClN2. The van der Waals surface area contributed by atoms with E-state index in [1.807, 2.05) is 42.5 Å². The van der Waals surface area contributed by atoms with Crippen LogP contribution in [-0.4, -0.2) is 4.98 Å². The number of rotatable bonds is 3. The van der Waals surface area contributed by atoms with E-state index in [4.69, 9.17) is 11.6 Å². The van der Waals surface area contributed by atoms with E-state index in [2.05, 4.69) is 10.3 Å². The normalized spacial score (nSPS) is 9.93. The van der Waals surface area contributed by atoms with E-state index in [-0.39, 0.29) is 0 Å². The van der Waals surface area contributed by atoms with Gasteiger partial charge in [-0.1, -0.05) is 23.7 Å². The van der Waals surface area contributed by atoms with Crippen LogP contribution in [0, 0.1) is 0 Å². The maximum absolute atomic E-state index is 5.87. The third-order valence-corrected chi connectivity index (χ3v) is 2.26. The van der Waals surface area contributed by atoms with E-state index in [1.54, 1.807) is 6.20 Å². The first kappa shape index (κ1) is 9.99. The molecular weight excluding hydrogens is 208 g/mol. The molecule has 1 N–H and O–H groups in total. The summed E-state index contributed by atoms with van der Waals surface area (Å²) in [7, 11) is 0. The lowest BCUT2D eigenvalue weighted by molar-refractivity contribution is 1.05. The number of anilines is 1. The molecule has 0 aliphatic heterocycles. The third-order valence-electron chi connectivity index (χ3n) is 2.02. The predicted molar refractivity (Wildman–Crippen MR) is 63.0 cm³/mol. The van der Waals surface area contributed by atoms with Crippen molar-refractivity contribution in [1.29, 1.82) is 0 Å². The van der Waals surface area contributed by atoms with Crippen molar-refractivity contribution in [2.75, 3.05) is 5.32 Å². The molecule has 15 heavy (non-hydrogen) atoms. The smallest absolute Gasteiger partial charge is 0.0594 e. The zero-order chi connectivity index (χ0) is 10.5. The first-order valence-electron chi connectivity index (χ1n) is 4.74. The van der Waals surface area contributed by atoms with Gasteiger partial charge in [0, 0.05) is 16.9 Å². The monoisotopic (exact) mass is 218 g/mol. The highest BCUT2D eigenvalue weighted by Crippen LogP contribution is 2.15. The van der Waals surface area contributed by atoms with Gasteiger partial charge in [-0.2, -0.15) is 0 Å². The Morgan fingerprint density at radius 3 is 2.80 bits per heavy atom. The first-order valence-corrected chi connectivity index (χ1v) is 5.12. The van der Waals surface area contributed by atoms with Gasteiger partial charge in [-0.25, -0.2) is 0 Å². The van der Waals surface area contributed by atoms with Crippen LogP contribution in [0.3, 0.4) is 0 Å². The van der Waals surface area contributed by atoms with Crippen molar-refractivity contribution in [1.82, 2.24) is 4.98 Å². The number of halogens is 1. The van der Waals surface area contributed by atoms with Crippen LogP contribution in [0.25, 0.3) is 0 Å². The van der Waals surface area contributed by atoms with Crippen LogP contribution in [0.5, 0.6) is 0 Å². The van der Waals surface area contributed by atoms with Gasteiger partial charge in [-0.05, 0) is 30.3 Å². The maximum atomic E-state index is 5.87. The van der Waals surface area contributed by atoms with Crippen LogP contribution in [0.2, 0.25) is 5.02 Å². The molecule has 1 aromatic heterocycles. The van der Waals surface area contributed by atoms with Gasteiger partial charge in [0.2, 0.25) is 0 Å². The van der Waals surface area contributed by atoms with Gasteiger partial charge < -0.3 is 5.32 Å². The fourth-order valence-corrected chi connectivity index (χ4v) is 1.48. The average molecular weight is 219 g/mol. The summed E-state index contributed by atoms with van der Waals surface area (Å²) in [6.07, 6.45) is 1.79. The van der Waals surface area contributed by atoms with E-state index in [9.17, 15) is 0 Å². The lowest BCUT2D eigenvalue weighted by atomic mass is 10.3. The fraction of sp³-hybridized carbons (Fsp3) is 0.0833. The van der Waals surface area contributed by atoms with Crippen LogP contribution < -0.4 is 5.32 Å². The van der Waals surface area contributed by atoms with E-state index in [0.29, 0.717) is 6.54 Å². The highest BCUT2D eigenvalue weighted by atomic mass is 35.5. The highest BCUT2D eigenvalue weighted by Gasteiger charge is 1.94. The Bertz CT molecular complexity index is 429. The van der Waals surface area contributed by atoms with Crippen LogP contribution in [0.15, 0.2) is 48.7 Å². The zero-order valence-electron chi connectivity index (χ0n) is 8.15. The lowest BCUT2D eigenvalue weighted by Crippen LogP contribution is -2.00. The Hall–Kier alpha value is -1.54. The fourth-order valence-electron chi connectivity index (χ4n) is 1.29. The molecule has 76 valence electrons. The molecule has 0 saturated carbocycles. The van der Waals surface area contributed by atoms with Crippen molar-refractivity contribution < 1.29 is 0 Å². The van der Waals surface area contributed by atoms with Crippen LogP contribution in [0.1, 0.15) is 5.69 Å². The topological polar surface area (TPSA) is 24.9 Å². The number of hydrogen-bond donors (Lipinski definition) is 1. The summed E-state index contributed by atoms with van der Waals surface area (Å²) in [5.74, 6) is 0. The van der Waals surface area contributed by atoms with E-state index < -0.39 is 0 Å². The summed E-state index contributed by atoms with van der Waals surface area (Å²) in [6, 6.07) is 13.5. The Morgan fingerprint density at radius 1 is 1.13 bits per heavy atom. The van der Waals surface area contributed by atoms with Crippen molar-refractivity contribution in [2.45, 2.75) is 6.54 Å². The zero-order valence-corrected chi connectivity index (χ0v) is 8.91. The Labute approximate surface area is 93.9 Å². The van der Waals surface area contributed by atoms with Crippen LogP contribution in [0.4, 0.5) is 5.69 Å². The molecule has 1 heterocycles. The van der Waals surface area contributed by atoms with Gasteiger partial charge in [0.25, 0.3) is 0 Å². The Morgan fingerprint density at radius 2 is 2.07 bits per heavy atom. The SMILES string of the molecule is Clc1cccc(NCc2ccccn2)c1. The van der Waals surface area contributed by atoms with Crippen molar-refractivity contribution in [2.24, 2.45) is 0 Å². The van der Waals surface area contributed by atoms with E-state index >= 15 is 0 Å². The molecule has 0 bridgehead atoms. The predicted octanol–water partition coefficient (Wildman–Crippen LogP) is 3.35. The number of hydrogen-bond acceptors (Lipinski definition) is 2. The maximum Gasteiger partial charge on any atom is 0.0594 e. The molecule has 0 unspecified atom stereocenters. The summed E-state index contributed by atoms with van der Waals surface area (Å²) in [4.78, 5) is 4.22. The van der Waals surface area contributed by atoms with Crippen LogP contribution >= 0.6 is 11.6 Å². The number of aromatic nitrogens is 1. The lowest BCUT2D eigenvalue weighted by Gasteiger charge is -2.05. The van der Waals surface area contributed by atoms with Crippen molar-refractivity contribution >= 4 is 17.3 Å². The van der Waals surface area contributed by atoms with Gasteiger partial charge in [-0.15, -0.1) is 0 Å². The first-order chi connectivity index (χ1) is 7.34. The minimum atomic E-state index is 0.710. The molecule has 3 heteroatoms. The molecule has 0 amide bonds. The number of nitrogens with one attached hydrogen (secondary N) is 1. The van der Waals surface area contributed by atoms with Crippen molar-refractivity contribution in [3.8, 4) is 0 Å². The standard InChI is InChI=1S/C12H11ClN2/c13-10-4-3-6-11(8-10)15-9-12-5-1-2-7-14-12/h1-8,15H,9H2. The third kappa shape index (κ3) is 2.96. The summed E-state index contributed by atoms with van der Waals surface area (Å²) >= 11 is 5.87. The van der Waals surface area contributed by atoms with Gasteiger partial charge in [0.05, 0.1) is 12.2 Å². The van der Waals surface area contributed by atoms with Crippen molar-refractivity contribution in [3.63, 3.8) is 0 Å². The van der Waals surface area contributed by atoms with Gasteiger partial charge in [-0.3, -0.25) is 4.98 Å². The van der Waals surface area contributed by atoms with E-state index in [1.165, 1.54) is 0 Å². The molecule has 0 saturated heterocycles.